The number of nitrogens with one attached hydrogen (secondary N) is 1. The number of thiophene rings is 1. The molecule has 0 unspecified atom stereocenters. The second-order valence-corrected chi connectivity index (χ2v) is 7.39. The molecule has 0 atom stereocenters. The molecule has 6 heteroatoms. The maximum atomic E-state index is 11.6. The molecule has 2 heterocycles. The summed E-state index contributed by atoms with van der Waals surface area (Å²) in [5.74, 6) is 1.10. The molecule has 0 aromatic carbocycles. The maximum absolute atomic E-state index is 11.6. The van der Waals surface area contributed by atoms with Crippen LogP contribution in [0, 0.1) is 13.8 Å². The zero-order chi connectivity index (χ0) is 16.4. The van der Waals surface area contributed by atoms with Crippen molar-refractivity contribution in [3.63, 3.8) is 0 Å². The van der Waals surface area contributed by atoms with E-state index in [9.17, 15) is 4.79 Å². The van der Waals surface area contributed by atoms with Gasteiger partial charge >= 0.3 is 5.97 Å². The van der Waals surface area contributed by atoms with Crippen LogP contribution in [0.4, 0.5) is 5.82 Å². The Morgan fingerprint density at radius 3 is 2.70 bits per heavy atom. The molecule has 0 spiro atoms. The predicted molar refractivity (Wildman–Crippen MR) is 93.1 cm³/mol. The van der Waals surface area contributed by atoms with E-state index in [1.54, 1.807) is 11.3 Å². The molecular formula is C17H23N3O2S. The van der Waals surface area contributed by atoms with Crippen molar-refractivity contribution in [3.8, 4) is 0 Å². The topological polar surface area (TPSA) is 64.1 Å². The summed E-state index contributed by atoms with van der Waals surface area (Å²) >= 11 is 1.66. The Balaban J connectivity index is 1.99. The van der Waals surface area contributed by atoms with E-state index in [2.05, 4.69) is 29.1 Å². The average molecular weight is 333 g/mol. The third kappa shape index (κ3) is 3.47. The number of hydrogen-bond donors (Lipinski definition) is 1. The van der Waals surface area contributed by atoms with E-state index in [0.29, 0.717) is 11.9 Å². The van der Waals surface area contributed by atoms with Gasteiger partial charge < -0.3 is 10.1 Å². The molecule has 1 fully saturated rings. The van der Waals surface area contributed by atoms with Gasteiger partial charge in [-0.2, -0.15) is 0 Å². The number of anilines is 1. The smallest absolute Gasteiger partial charge is 0.313 e. The molecule has 124 valence electrons. The van der Waals surface area contributed by atoms with Crippen LogP contribution in [0.1, 0.15) is 48.4 Å². The summed E-state index contributed by atoms with van der Waals surface area (Å²) in [6.45, 7) is 4.22. The SMILES string of the molecule is COC(=O)Cc1nc(NC2CCCCC2)c2c(C)c(C)sc2n1. The highest BCUT2D eigenvalue weighted by atomic mass is 32.1. The monoisotopic (exact) mass is 333 g/mol. The molecule has 5 nitrogen and oxygen atoms in total. The third-order valence-corrected chi connectivity index (χ3v) is 5.65. The zero-order valence-corrected chi connectivity index (χ0v) is 14.8. The molecule has 1 aliphatic rings. The van der Waals surface area contributed by atoms with E-state index in [4.69, 9.17) is 4.74 Å². The summed E-state index contributed by atoms with van der Waals surface area (Å²) in [6.07, 6.45) is 6.33. The second kappa shape index (κ2) is 6.83. The normalized spacial score (nSPS) is 15.8. The van der Waals surface area contributed by atoms with Crippen molar-refractivity contribution >= 4 is 33.3 Å². The van der Waals surface area contributed by atoms with Crippen LogP contribution in [0.5, 0.6) is 0 Å². The van der Waals surface area contributed by atoms with Crippen molar-refractivity contribution in [1.82, 2.24) is 9.97 Å². The number of esters is 1. The summed E-state index contributed by atoms with van der Waals surface area (Å²) in [5.41, 5.74) is 1.23. The molecule has 3 rings (SSSR count). The Labute approximate surface area is 140 Å². The second-order valence-electron chi connectivity index (χ2n) is 6.18. The van der Waals surface area contributed by atoms with Crippen LogP contribution in [0.25, 0.3) is 10.2 Å². The molecule has 0 amide bonds. The zero-order valence-electron chi connectivity index (χ0n) is 13.9. The number of carbonyl (C=O) groups excluding carboxylic acids is 1. The first-order valence-electron chi connectivity index (χ1n) is 8.18. The summed E-state index contributed by atoms with van der Waals surface area (Å²) in [7, 11) is 1.39. The van der Waals surface area contributed by atoms with E-state index >= 15 is 0 Å². The lowest BCUT2D eigenvalue weighted by Crippen LogP contribution is -2.23. The number of fused-ring (bicyclic) bond motifs is 1. The number of nitrogens with zero attached hydrogens (tertiary/aromatic N) is 2. The number of aromatic nitrogens is 2. The average Bonchev–Trinajstić information content (AvgIpc) is 2.83. The fourth-order valence-electron chi connectivity index (χ4n) is 3.12. The van der Waals surface area contributed by atoms with Crippen LogP contribution in [0.15, 0.2) is 0 Å². The summed E-state index contributed by atoms with van der Waals surface area (Å²) in [6, 6.07) is 0.465. The van der Waals surface area contributed by atoms with Gasteiger partial charge in [-0.05, 0) is 32.3 Å². The van der Waals surface area contributed by atoms with Gasteiger partial charge in [0.1, 0.15) is 22.9 Å². The standard InChI is InChI=1S/C17H23N3O2S/c1-10-11(2)23-17-15(10)16(18-12-7-5-4-6-8-12)19-13(20-17)9-14(21)22-3/h12H,4-9H2,1-3H3,(H,18,19,20). The Morgan fingerprint density at radius 2 is 2.00 bits per heavy atom. The minimum Gasteiger partial charge on any atom is -0.469 e. The number of aryl methyl sites for hydroxylation is 2. The van der Waals surface area contributed by atoms with Crippen LogP contribution in [-0.4, -0.2) is 29.1 Å². The van der Waals surface area contributed by atoms with Gasteiger partial charge in [-0.25, -0.2) is 9.97 Å². The Bertz CT molecular complexity index is 720. The molecule has 23 heavy (non-hydrogen) atoms. The quantitative estimate of drug-likeness (QED) is 0.863. The van der Waals surface area contributed by atoms with Crippen LogP contribution in [0.3, 0.4) is 0 Å². The highest BCUT2D eigenvalue weighted by Crippen LogP contribution is 2.34. The molecule has 1 aliphatic carbocycles. The predicted octanol–water partition coefficient (Wildman–Crippen LogP) is 3.77. The molecule has 1 saturated carbocycles. The number of methoxy groups -OCH3 is 1. The Kier molecular flexibility index (Phi) is 4.80. The Hall–Kier alpha value is -1.69. The van der Waals surface area contributed by atoms with Gasteiger partial charge in [0.05, 0.1) is 12.5 Å². The van der Waals surface area contributed by atoms with Gasteiger partial charge in [0.15, 0.2) is 0 Å². The van der Waals surface area contributed by atoms with Crippen LogP contribution in [0.2, 0.25) is 0 Å². The summed E-state index contributed by atoms with van der Waals surface area (Å²) in [5, 5.41) is 4.72. The number of hydrogen-bond acceptors (Lipinski definition) is 6. The molecular weight excluding hydrogens is 310 g/mol. The van der Waals surface area contributed by atoms with Gasteiger partial charge in [-0.15, -0.1) is 11.3 Å². The van der Waals surface area contributed by atoms with Crippen molar-refractivity contribution in [2.45, 2.75) is 58.4 Å². The van der Waals surface area contributed by atoms with E-state index in [1.807, 2.05) is 0 Å². The van der Waals surface area contributed by atoms with Crippen molar-refractivity contribution in [2.75, 3.05) is 12.4 Å². The highest BCUT2D eigenvalue weighted by molar-refractivity contribution is 7.18. The molecule has 2 aromatic rings. The molecule has 0 saturated heterocycles. The van der Waals surface area contributed by atoms with E-state index in [0.717, 1.165) is 16.0 Å². The lowest BCUT2D eigenvalue weighted by atomic mass is 9.95. The van der Waals surface area contributed by atoms with Gasteiger partial charge in [0.2, 0.25) is 0 Å². The highest BCUT2D eigenvalue weighted by Gasteiger charge is 2.20. The molecule has 2 aromatic heterocycles. The largest absolute Gasteiger partial charge is 0.469 e. The summed E-state index contributed by atoms with van der Waals surface area (Å²) < 4.78 is 4.75. The van der Waals surface area contributed by atoms with Crippen LogP contribution >= 0.6 is 11.3 Å². The minimum atomic E-state index is -0.307. The minimum absolute atomic E-state index is 0.113. The van der Waals surface area contributed by atoms with Crippen molar-refractivity contribution < 1.29 is 9.53 Å². The van der Waals surface area contributed by atoms with Crippen molar-refractivity contribution in [3.05, 3.63) is 16.3 Å². The van der Waals surface area contributed by atoms with Crippen molar-refractivity contribution in [2.24, 2.45) is 0 Å². The first-order valence-corrected chi connectivity index (χ1v) is 9.00. The molecule has 0 aliphatic heterocycles. The van der Waals surface area contributed by atoms with Crippen molar-refractivity contribution in [1.29, 1.82) is 0 Å². The first-order chi connectivity index (χ1) is 11.1. The molecule has 0 bridgehead atoms. The maximum Gasteiger partial charge on any atom is 0.313 e. The van der Waals surface area contributed by atoms with E-state index < -0.39 is 0 Å². The van der Waals surface area contributed by atoms with Gasteiger partial charge in [0, 0.05) is 10.9 Å². The molecule has 0 radical (unpaired) electrons. The summed E-state index contributed by atoms with van der Waals surface area (Å²) in [4.78, 5) is 23.0. The lowest BCUT2D eigenvalue weighted by Gasteiger charge is -2.24. The lowest BCUT2D eigenvalue weighted by molar-refractivity contribution is -0.139. The Morgan fingerprint density at radius 1 is 1.26 bits per heavy atom. The number of ether oxygens (including phenoxy) is 1. The van der Waals surface area contributed by atoms with Gasteiger partial charge in [-0.3, -0.25) is 4.79 Å². The first kappa shape index (κ1) is 16.2. The van der Waals surface area contributed by atoms with Crippen LogP contribution < -0.4 is 5.32 Å². The number of carbonyl (C=O) groups is 1. The fraction of sp³-hybridized carbons (Fsp3) is 0.588. The molecule has 1 N–H and O–H groups in total. The third-order valence-electron chi connectivity index (χ3n) is 4.55. The van der Waals surface area contributed by atoms with E-state index in [-0.39, 0.29) is 12.4 Å². The van der Waals surface area contributed by atoms with Gasteiger partial charge in [-0.1, -0.05) is 19.3 Å². The van der Waals surface area contributed by atoms with Crippen LogP contribution in [-0.2, 0) is 16.0 Å². The van der Waals surface area contributed by atoms with Gasteiger partial charge in [0.25, 0.3) is 0 Å². The fourth-order valence-corrected chi connectivity index (χ4v) is 4.17. The van der Waals surface area contributed by atoms with E-state index in [1.165, 1.54) is 49.7 Å². The number of rotatable bonds is 4.